The number of amides is 2. The highest BCUT2D eigenvalue weighted by Gasteiger charge is 2.40. The molecule has 122 valence electrons. The predicted octanol–water partition coefficient (Wildman–Crippen LogP) is 2.39. The molecule has 2 amide bonds. The zero-order valence-electron chi connectivity index (χ0n) is 13.2. The summed E-state index contributed by atoms with van der Waals surface area (Å²) in [6, 6.07) is 5.81. The molecule has 1 atom stereocenters. The predicted molar refractivity (Wildman–Crippen MR) is 83.0 cm³/mol. The number of halogens is 1. The zero-order chi connectivity index (χ0) is 16.4. The van der Waals surface area contributed by atoms with Crippen molar-refractivity contribution in [1.82, 2.24) is 25.4 Å². The highest BCUT2D eigenvalue weighted by molar-refractivity contribution is 5.75. The summed E-state index contributed by atoms with van der Waals surface area (Å²) in [7, 11) is 1.83. The minimum absolute atomic E-state index is 0.257. The van der Waals surface area contributed by atoms with E-state index in [0.717, 1.165) is 24.8 Å². The summed E-state index contributed by atoms with van der Waals surface area (Å²) < 4.78 is 14.9. The van der Waals surface area contributed by atoms with Crippen molar-refractivity contribution in [2.75, 3.05) is 0 Å². The van der Waals surface area contributed by atoms with Crippen molar-refractivity contribution in [3.63, 3.8) is 0 Å². The zero-order valence-corrected chi connectivity index (χ0v) is 13.2. The standard InChI is InChI=1S/C16H20FN5O/c1-11(14-21-18-10-22(14)2)19-15(23)20-16(8-3-9-16)12-4-6-13(17)7-5-12/h4-7,10-11H,3,8-9H2,1-2H3,(H2,19,20,23)/t11-/m1/s1. The first kappa shape index (κ1) is 15.5. The molecule has 0 saturated heterocycles. The molecule has 0 spiro atoms. The summed E-state index contributed by atoms with van der Waals surface area (Å²) in [4.78, 5) is 12.4. The van der Waals surface area contributed by atoms with Crippen molar-refractivity contribution in [3.05, 3.63) is 47.8 Å². The quantitative estimate of drug-likeness (QED) is 0.909. The number of nitrogens with one attached hydrogen (secondary N) is 2. The summed E-state index contributed by atoms with van der Waals surface area (Å²) in [5.41, 5.74) is 0.531. The highest BCUT2D eigenvalue weighted by atomic mass is 19.1. The van der Waals surface area contributed by atoms with E-state index < -0.39 is 5.54 Å². The van der Waals surface area contributed by atoms with Gasteiger partial charge in [0.15, 0.2) is 5.82 Å². The van der Waals surface area contributed by atoms with Gasteiger partial charge < -0.3 is 15.2 Å². The van der Waals surface area contributed by atoms with Crippen LogP contribution in [-0.2, 0) is 12.6 Å². The Morgan fingerprint density at radius 3 is 2.57 bits per heavy atom. The Hall–Kier alpha value is -2.44. The number of nitrogens with zero attached hydrogens (tertiary/aromatic N) is 3. The van der Waals surface area contributed by atoms with Gasteiger partial charge in [-0.05, 0) is 43.9 Å². The molecule has 0 aliphatic heterocycles. The summed E-state index contributed by atoms with van der Waals surface area (Å²) in [5.74, 6) is 0.410. The second-order valence-electron chi connectivity index (χ2n) is 6.06. The van der Waals surface area contributed by atoms with Gasteiger partial charge in [0.05, 0.1) is 11.6 Å². The minimum atomic E-state index is -0.405. The molecular formula is C16H20FN5O. The van der Waals surface area contributed by atoms with Crippen molar-refractivity contribution in [2.24, 2.45) is 7.05 Å². The molecule has 23 heavy (non-hydrogen) atoms. The molecule has 1 fully saturated rings. The first-order chi connectivity index (χ1) is 11.0. The van der Waals surface area contributed by atoms with Crippen LogP contribution < -0.4 is 10.6 Å². The van der Waals surface area contributed by atoms with Gasteiger partial charge >= 0.3 is 6.03 Å². The fraction of sp³-hybridized carbons (Fsp3) is 0.438. The largest absolute Gasteiger partial charge is 0.329 e. The smallest absolute Gasteiger partial charge is 0.316 e. The molecule has 0 unspecified atom stereocenters. The fourth-order valence-corrected chi connectivity index (χ4v) is 2.98. The van der Waals surface area contributed by atoms with Crippen molar-refractivity contribution in [2.45, 2.75) is 37.8 Å². The molecule has 0 radical (unpaired) electrons. The van der Waals surface area contributed by atoms with Crippen molar-refractivity contribution < 1.29 is 9.18 Å². The van der Waals surface area contributed by atoms with Crippen LogP contribution in [0, 0.1) is 5.82 Å². The van der Waals surface area contributed by atoms with E-state index in [2.05, 4.69) is 20.8 Å². The lowest BCUT2D eigenvalue weighted by atomic mass is 9.72. The third-order valence-corrected chi connectivity index (χ3v) is 4.44. The van der Waals surface area contributed by atoms with Gasteiger partial charge in [-0.3, -0.25) is 0 Å². The van der Waals surface area contributed by atoms with E-state index in [1.54, 1.807) is 23.0 Å². The Balaban J connectivity index is 1.68. The lowest BCUT2D eigenvalue weighted by Crippen LogP contribution is -2.54. The van der Waals surface area contributed by atoms with Crippen LogP contribution in [0.1, 0.15) is 43.6 Å². The third kappa shape index (κ3) is 3.04. The average molecular weight is 317 g/mol. The van der Waals surface area contributed by atoms with E-state index in [1.165, 1.54) is 12.1 Å². The Kier molecular flexibility index (Phi) is 4.02. The molecule has 7 heteroatoms. The molecular weight excluding hydrogens is 297 g/mol. The number of hydrogen-bond acceptors (Lipinski definition) is 3. The Morgan fingerprint density at radius 2 is 2.04 bits per heavy atom. The lowest BCUT2D eigenvalue weighted by molar-refractivity contribution is 0.175. The number of carbonyl (C=O) groups excluding carboxylic acids is 1. The maximum absolute atomic E-state index is 13.1. The van der Waals surface area contributed by atoms with Gasteiger partial charge in [0.2, 0.25) is 0 Å². The van der Waals surface area contributed by atoms with E-state index in [-0.39, 0.29) is 17.9 Å². The van der Waals surface area contributed by atoms with E-state index in [1.807, 2.05) is 14.0 Å². The SMILES string of the molecule is C[C@@H](NC(=O)NC1(c2ccc(F)cc2)CCC1)c1nncn1C. The van der Waals surface area contributed by atoms with Crippen molar-refractivity contribution in [3.8, 4) is 0 Å². The summed E-state index contributed by atoms with van der Waals surface area (Å²) in [6.45, 7) is 1.86. The van der Waals surface area contributed by atoms with Crippen LogP contribution >= 0.6 is 0 Å². The molecule has 1 aromatic heterocycles. The summed E-state index contributed by atoms with van der Waals surface area (Å²) in [6.07, 6.45) is 4.34. The van der Waals surface area contributed by atoms with Crippen LogP contribution in [0.25, 0.3) is 0 Å². The van der Waals surface area contributed by atoms with Gasteiger partial charge in [0, 0.05) is 7.05 Å². The summed E-state index contributed by atoms with van der Waals surface area (Å²) in [5, 5.41) is 13.7. The van der Waals surface area contributed by atoms with Gasteiger partial charge in [-0.25, -0.2) is 9.18 Å². The maximum atomic E-state index is 13.1. The molecule has 1 aliphatic carbocycles. The van der Waals surface area contributed by atoms with E-state index >= 15 is 0 Å². The molecule has 2 aromatic rings. The number of aryl methyl sites for hydroxylation is 1. The van der Waals surface area contributed by atoms with Crippen LogP contribution in [0.3, 0.4) is 0 Å². The lowest BCUT2D eigenvalue weighted by Gasteiger charge is -2.43. The Labute approximate surface area is 134 Å². The van der Waals surface area contributed by atoms with Crippen LogP contribution in [0.15, 0.2) is 30.6 Å². The number of aromatic nitrogens is 3. The molecule has 1 heterocycles. The van der Waals surface area contributed by atoms with E-state index in [9.17, 15) is 9.18 Å². The number of rotatable bonds is 4. The highest BCUT2D eigenvalue weighted by Crippen LogP contribution is 2.41. The number of urea groups is 1. The minimum Gasteiger partial charge on any atom is -0.329 e. The summed E-state index contributed by atoms with van der Waals surface area (Å²) >= 11 is 0. The normalized spacial score (nSPS) is 17.2. The van der Waals surface area contributed by atoms with Crippen LogP contribution in [-0.4, -0.2) is 20.8 Å². The molecule has 6 nitrogen and oxygen atoms in total. The second kappa shape index (κ2) is 5.98. The second-order valence-corrected chi connectivity index (χ2v) is 6.06. The first-order valence-corrected chi connectivity index (χ1v) is 7.69. The maximum Gasteiger partial charge on any atom is 0.316 e. The van der Waals surface area contributed by atoms with Crippen LogP contribution in [0.4, 0.5) is 9.18 Å². The molecule has 1 aliphatic rings. The number of hydrogen-bond donors (Lipinski definition) is 2. The van der Waals surface area contributed by atoms with Crippen molar-refractivity contribution >= 4 is 6.03 Å². The monoisotopic (exact) mass is 317 g/mol. The van der Waals surface area contributed by atoms with Gasteiger partial charge in [0.1, 0.15) is 12.1 Å². The Bertz CT molecular complexity index is 693. The van der Waals surface area contributed by atoms with E-state index in [4.69, 9.17) is 0 Å². The van der Waals surface area contributed by atoms with E-state index in [0.29, 0.717) is 5.82 Å². The molecule has 0 bridgehead atoms. The number of carbonyl (C=O) groups is 1. The average Bonchev–Trinajstić information content (AvgIpc) is 2.90. The van der Waals surface area contributed by atoms with Gasteiger partial charge in [-0.1, -0.05) is 12.1 Å². The fourth-order valence-electron chi connectivity index (χ4n) is 2.98. The molecule has 2 N–H and O–H groups in total. The molecule has 1 aromatic carbocycles. The Morgan fingerprint density at radius 1 is 1.35 bits per heavy atom. The van der Waals surface area contributed by atoms with Crippen LogP contribution in [0.2, 0.25) is 0 Å². The first-order valence-electron chi connectivity index (χ1n) is 7.69. The van der Waals surface area contributed by atoms with Gasteiger partial charge in [-0.15, -0.1) is 10.2 Å². The molecule has 1 saturated carbocycles. The topological polar surface area (TPSA) is 71.8 Å². The van der Waals surface area contributed by atoms with Gasteiger partial charge in [-0.2, -0.15) is 0 Å². The van der Waals surface area contributed by atoms with Gasteiger partial charge in [0.25, 0.3) is 0 Å². The molecule has 3 rings (SSSR count). The van der Waals surface area contributed by atoms with Crippen molar-refractivity contribution in [1.29, 1.82) is 0 Å². The third-order valence-electron chi connectivity index (χ3n) is 4.44. The van der Waals surface area contributed by atoms with Crippen LogP contribution in [0.5, 0.6) is 0 Å². The number of benzene rings is 1.